The maximum absolute atomic E-state index is 13.5. The van der Waals surface area contributed by atoms with Crippen LogP contribution in [0.4, 0.5) is 48.3 Å². The molecule has 0 radical (unpaired) electrons. The highest BCUT2D eigenvalue weighted by molar-refractivity contribution is 5.78. The first kappa shape index (κ1) is 22.7. The molecular formula is C10H9F11O3. The molecule has 0 aromatic carbocycles. The molecule has 1 atom stereocenters. The van der Waals surface area contributed by atoms with Gasteiger partial charge in [-0.2, -0.15) is 48.3 Å². The van der Waals surface area contributed by atoms with E-state index in [1.54, 1.807) is 0 Å². The van der Waals surface area contributed by atoms with Gasteiger partial charge >= 0.3 is 36.2 Å². The quantitative estimate of drug-likeness (QED) is 0.371. The van der Waals surface area contributed by atoms with Crippen molar-refractivity contribution in [2.75, 3.05) is 6.61 Å². The summed E-state index contributed by atoms with van der Waals surface area (Å²) in [7, 11) is 0. The van der Waals surface area contributed by atoms with Crippen molar-refractivity contribution in [3.8, 4) is 0 Å². The maximum Gasteiger partial charge on any atom is 0.462 e. The summed E-state index contributed by atoms with van der Waals surface area (Å²) in [6.07, 6.45) is -20.9. The van der Waals surface area contributed by atoms with Gasteiger partial charge < -0.3 is 4.74 Å². The number of esters is 1. The van der Waals surface area contributed by atoms with Crippen LogP contribution in [0.15, 0.2) is 0 Å². The van der Waals surface area contributed by atoms with Crippen molar-refractivity contribution in [3.05, 3.63) is 0 Å². The predicted molar refractivity (Wildman–Crippen MR) is 52.8 cm³/mol. The number of ether oxygens (including phenoxy) is 2. The molecule has 0 aliphatic rings. The number of carbonyl (C=O) groups is 1. The van der Waals surface area contributed by atoms with Crippen molar-refractivity contribution in [1.82, 2.24) is 0 Å². The third kappa shape index (κ3) is 4.39. The standard InChI is InChI=1S/C10H9F11O3/c1-2-3-4-23-5(22)6(11,8(14,15)16)24-10(20,21)7(12,13)9(17,18)19/h2-4H2,1H3/t6-/m1/s1. The van der Waals surface area contributed by atoms with Crippen molar-refractivity contribution in [2.24, 2.45) is 0 Å². The van der Waals surface area contributed by atoms with Gasteiger partial charge in [0.15, 0.2) is 0 Å². The average Bonchev–Trinajstić information content (AvgIpc) is 2.35. The topological polar surface area (TPSA) is 35.5 Å². The molecule has 0 fully saturated rings. The summed E-state index contributed by atoms with van der Waals surface area (Å²) in [4.78, 5) is 10.9. The fraction of sp³-hybridized carbons (Fsp3) is 0.900. The van der Waals surface area contributed by atoms with Crippen LogP contribution in [-0.4, -0.2) is 42.8 Å². The second-order valence-electron chi connectivity index (χ2n) is 4.27. The van der Waals surface area contributed by atoms with Crippen molar-refractivity contribution in [3.63, 3.8) is 0 Å². The highest BCUT2D eigenvalue weighted by Gasteiger charge is 2.80. The van der Waals surface area contributed by atoms with Gasteiger partial charge in [0.05, 0.1) is 6.61 Å². The Hall–Kier alpha value is -1.34. The number of hydrogen-bond donors (Lipinski definition) is 0. The number of rotatable bonds is 7. The van der Waals surface area contributed by atoms with Gasteiger partial charge in [0.25, 0.3) is 0 Å². The monoisotopic (exact) mass is 386 g/mol. The summed E-state index contributed by atoms with van der Waals surface area (Å²) < 4.78 is 143. The molecule has 0 unspecified atom stereocenters. The Kier molecular flexibility index (Phi) is 6.50. The van der Waals surface area contributed by atoms with E-state index in [9.17, 15) is 53.1 Å². The van der Waals surface area contributed by atoms with Crippen LogP contribution in [0.1, 0.15) is 19.8 Å². The second kappa shape index (κ2) is 6.88. The molecular weight excluding hydrogens is 377 g/mol. The molecule has 0 N–H and O–H groups in total. The van der Waals surface area contributed by atoms with E-state index in [4.69, 9.17) is 0 Å². The summed E-state index contributed by atoms with van der Waals surface area (Å²) in [6, 6.07) is 0. The van der Waals surface area contributed by atoms with Crippen LogP contribution in [0.25, 0.3) is 0 Å². The lowest BCUT2D eigenvalue weighted by Crippen LogP contribution is -2.61. The Morgan fingerprint density at radius 2 is 1.29 bits per heavy atom. The zero-order valence-corrected chi connectivity index (χ0v) is 11.5. The van der Waals surface area contributed by atoms with Gasteiger partial charge in [-0.15, -0.1) is 0 Å². The lowest BCUT2D eigenvalue weighted by atomic mass is 10.2. The van der Waals surface area contributed by atoms with Crippen LogP contribution in [0, 0.1) is 0 Å². The molecule has 24 heavy (non-hydrogen) atoms. The van der Waals surface area contributed by atoms with Gasteiger partial charge in [0.1, 0.15) is 0 Å². The molecule has 0 aliphatic heterocycles. The minimum Gasteiger partial charge on any atom is -0.461 e. The molecule has 0 aromatic heterocycles. The van der Waals surface area contributed by atoms with Gasteiger partial charge in [0, 0.05) is 0 Å². The van der Waals surface area contributed by atoms with E-state index in [-0.39, 0.29) is 12.8 Å². The first-order valence-corrected chi connectivity index (χ1v) is 5.89. The summed E-state index contributed by atoms with van der Waals surface area (Å²) in [6.45, 7) is 0.483. The zero-order valence-electron chi connectivity index (χ0n) is 11.5. The van der Waals surface area contributed by atoms with Crippen LogP contribution in [-0.2, 0) is 14.3 Å². The number of unbranched alkanes of at least 4 members (excludes halogenated alkanes) is 1. The van der Waals surface area contributed by atoms with Crippen LogP contribution in [0.5, 0.6) is 0 Å². The molecule has 144 valence electrons. The zero-order chi connectivity index (χ0) is 19.6. The molecule has 0 bridgehead atoms. The van der Waals surface area contributed by atoms with E-state index >= 15 is 0 Å². The van der Waals surface area contributed by atoms with E-state index < -0.39 is 42.8 Å². The molecule has 3 nitrogen and oxygen atoms in total. The van der Waals surface area contributed by atoms with E-state index in [0.29, 0.717) is 0 Å². The molecule has 0 saturated heterocycles. The number of hydrogen-bond acceptors (Lipinski definition) is 3. The smallest absolute Gasteiger partial charge is 0.461 e. The van der Waals surface area contributed by atoms with E-state index in [1.165, 1.54) is 6.92 Å². The highest BCUT2D eigenvalue weighted by Crippen LogP contribution is 2.51. The summed E-state index contributed by atoms with van der Waals surface area (Å²) >= 11 is 0. The first-order chi connectivity index (χ1) is 10.4. The molecule has 0 saturated carbocycles. The molecule has 0 rings (SSSR count). The van der Waals surface area contributed by atoms with Crippen LogP contribution >= 0.6 is 0 Å². The van der Waals surface area contributed by atoms with Crippen molar-refractivity contribution >= 4 is 5.97 Å². The molecule has 0 spiro atoms. The fourth-order valence-corrected chi connectivity index (χ4v) is 1.02. The van der Waals surface area contributed by atoms with E-state index in [0.717, 1.165) is 0 Å². The van der Waals surface area contributed by atoms with Gasteiger partial charge in [-0.25, -0.2) is 4.79 Å². The predicted octanol–water partition coefficient (Wildman–Crippen LogP) is 4.36. The third-order valence-corrected chi connectivity index (χ3v) is 2.35. The van der Waals surface area contributed by atoms with Crippen LogP contribution < -0.4 is 0 Å². The van der Waals surface area contributed by atoms with Crippen molar-refractivity contribution < 1.29 is 62.6 Å². The van der Waals surface area contributed by atoms with Gasteiger partial charge in [-0.1, -0.05) is 13.3 Å². The lowest BCUT2D eigenvalue weighted by molar-refractivity contribution is -0.475. The summed E-state index contributed by atoms with van der Waals surface area (Å²) in [5.41, 5.74) is 0. The van der Waals surface area contributed by atoms with E-state index in [1.807, 2.05) is 4.74 Å². The molecule has 0 heterocycles. The Bertz CT molecular complexity index is 442. The maximum atomic E-state index is 13.5. The fourth-order valence-electron chi connectivity index (χ4n) is 1.02. The van der Waals surface area contributed by atoms with Gasteiger partial charge in [-0.3, -0.25) is 4.74 Å². The Labute approximate surface area is 126 Å². The number of alkyl halides is 11. The molecule has 0 aliphatic carbocycles. The molecule has 0 amide bonds. The highest BCUT2D eigenvalue weighted by atomic mass is 19.4. The third-order valence-electron chi connectivity index (χ3n) is 2.35. The minimum atomic E-state index is -7.22. The molecule has 14 heteroatoms. The number of carbonyl (C=O) groups excluding carboxylic acids is 1. The average molecular weight is 386 g/mol. The second-order valence-corrected chi connectivity index (χ2v) is 4.27. The first-order valence-electron chi connectivity index (χ1n) is 5.89. The Balaban J connectivity index is 5.69. The van der Waals surface area contributed by atoms with Crippen molar-refractivity contribution in [1.29, 1.82) is 0 Å². The Morgan fingerprint density at radius 1 is 0.833 bits per heavy atom. The SMILES string of the molecule is CCCCOC(=O)[C@@](F)(OC(F)(F)C(F)(F)C(F)(F)F)C(F)(F)F. The normalized spacial score (nSPS) is 16.7. The minimum absolute atomic E-state index is 0.172. The Morgan fingerprint density at radius 3 is 1.62 bits per heavy atom. The van der Waals surface area contributed by atoms with Crippen LogP contribution in [0.3, 0.4) is 0 Å². The van der Waals surface area contributed by atoms with Crippen LogP contribution in [0.2, 0.25) is 0 Å². The summed E-state index contributed by atoms with van der Waals surface area (Å²) in [5, 5.41) is 0. The van der Waals surface area contributed by atoms with E-state index in [2.05, 4.69) is 4.74 Å². The molecule has 0 aromatic rings. The van der Waals surface area contributed by atoms with Gasteiger partial charge in [-0.05, 0) is 6.42 Å². The van der Waals surface area contributed by atoms with Gasteiger partial charge in [0.2, 0.25) is 0 Å². The largest absolute Gasteiger partial charge is 0.462 e. The number of halogens is 11. The lowest BCUT2D eigenvalue weighted by Gasteiger charge is -2.33. The van der Waals surface area contributed by atoms with Crippen molar-refractivity contribution in [2.45, 2.75) is 50.0 Å². The summed E-state index contributed by atoms with van der Waals surface area (Å²) in [5.74, 6) is -16.7.